The summed E-state index contributed by atoms with van der Waals surface area (Å²) < 4.78 is 5.08. The first-order valence-electron chi connectivity index (χ1n) is 4.18. The van der Waals surface area contributed by atoms with Gasteiger partial charge in [-0.3, -0.25) is 0 Å². The Balaban J connectivity index is 2.36. The molecule has 0 atom stereocenters. The van der Waals surface area contributed by atoms with Crippen molar-refractivity contribution in [1.82, 2.24) is 20.3 Å². The van der Waals surface area contributed by atoms with Gasteiger partial charge in [0.25, 0.3) is 5.89 Å². The van der Waals surface area contributed by atoms with Crippen LogP contribution in [-0.2, 0) is 5.41 Å². The molecule has 0 unspecified atom stereocenters. The largest absolute Gasteiger partial charge is 0.331 e. The van der Waals surface area contributed by atoms with Gasteiger partial charge in [-0.05, 0) is 0 Å². The quantitative estimate of drug-likeness (QED) is 0.719. The van der Waals surface area contributed by atoms with Crippen molar-refractivity contribution in [2.75, 3.05) is 0 Å². The number of hydrogen-bond donors (Lipinski definition) is 0. The van der Waals surface area contributed by atoms with Crippen LogP contribution in [-0.4, -0.2) is 20.3 Å². The average molecular weight is 210 g/mol. The van der Waals surface area contributed by atoms with Crippen LogP contribution in [0.5, 0.6) is 0 Å². The second-order valence-corrected chi connectivity index (χ2v) is 4.75. The molecule has 0 saturated carbocycles. The molecule has 0 bridgehead atoms. The lowest BCUT2D eigenvalue weighted by atomic mass is 9.96. The van der Waals surface area contributed by atoms with Gasteiger partial charge in [-0.1, -0.05) is 37.3 Å². The monoisotopic (exact) mass is 210 g/mol. The van der Waals surface area contributed by atoms with Crippen LogP contribution in [0, 0.1) is 0 Å². The van der Waals surface area contributed by atoms with Gasteiger partial charge in [-0.2, -0.15) is 4.98 Å². The molecule has 0 aromatic carbocycles. The summed E-state index contributed by atoms with van der Waals surface area (Å²) in [5.74, 6) is 1.13. The molecule has 5 nitrogen and oxygen atoms in total. The van der Waals surface area contributed by atoms with Crippen molar-refractivity contribution in [2.24, 2.45) is 0 Å². The molecule has 0 aliphatic carbocycles. The molecule has 2 aromatic heterocycles. The highest BCUT2D eigenvalue weighted by Crippen LogP contribution is 2.23. The van der Waals surface area contributed by atoms with Crippen molar-refractivity contribution in [2.45, 2.75) is 26.2 Å². The summed E-state index contributed by atoms with van der Waals surface area (Å²) in [5, 5.41) is 12.1. The van der Waals surface area contributed by atoms with E-state index in [2.05, 4.69) is 20.3 Å². The molecule has 2 heterocycles. The SMILES string of the molecule is CC(C)(C)c1noc(-c2nncs2)n1. The minimum Gasteiger partial charge on any atom is -0.331 e. The lowest BCUT2D eigenvalue weighted by molar-refractivity contribution is 0.402. The van der Waals surface area contributed by atoms with Crippen LogP contribution in [0.3, 0.4) is 0 Å². The van der Waals surface area contributed by atoms with Crippen molar-refractivity contribution in [1.29, 1.82) is 0 Å². The van der Waals surface area contributed by atoms with Gasteiger partial charge < -0.3 is 4.52 Å². The summed E-state index contributed by atoms with van der Waals surface area (Å²) in [6, 6.07) is 0. The first-order valence-corrected chi connectivity index (χ1v) is 5.06. The standard InChI is InChI=1S/C8H10N4OS/c1-8(2,3)7-10-5(13-12-7)6-11-9-4-14-6/h4H,1-3H3. The Bertz CT molecular complexity index is 415. The van der Waals surface area contributed by atoms with E-state index in [1.165, 1.54) is 11.3 Å². The molecule has 0 aliphatic rings. The third-order valence-electron chi connectivity index (χ3n) is 1.64. The summed E-state index contributed by atoms with van der Waals surface area (Å²) in [6.45, 7) is 6.09. The first-order chi connectivity index (χ1) is 6.57. The topological polar surface area (TPSA) is 64.7 Å². The van der Waals surface area contributed by atoms with E-state index in [-0.39, 0.29) is 5.41 Å². The fourth-order valence-corrected chi connectivity index (χ4v) is 1.35. The van der Waals surface area contributed by atoms with Crippen LogP contribution in [0.4, 0.5) is 0 Å². The van der Waals surface area contributed by atoms with Crippen LogP contribution in [0.25, 0.3) is 10.9 Å². The Morgan fingerprint density at radius 1 is 1.36 bits per heavy atom. The normalized spacial score (nSPS) is 11.9. The Hall–Kier alpha value is -1.30. The van der Waals surface area contributed by atoms with E-state index in [1.807, 2.05) is 20.8 Å². The lowest BCUT2D eigenvalue weighted by Gasteiger charge is -2.10. The molecule has 2 aromatic rings. The molecule has 0 aliphatic heterocycles. The van der Waals surface area contributed by atoms with Crippen LogP contribution in [0.2, 0.25) is 0 Å². The molecule has 0 radical (unpaired) electrons. The maximum atomic E-state index is 5.08. The second-order valence-electron chi connectivity index (χ2n) is 3.92. The lowest BCUT2D eigenvalue weighted by Crippen LogP contribution is -2.13. The van der Waals surface area contributed by atoms with Crippen molar-refractivity contribution in [3.8, 4) is 10.9 Å². The van der Waals surface area contributed by atoms with E-state index in [0.29, 0.717) is 16.7 Å². The summed E-state index contributed by atoms with van der Waals surface area (Å²) in [4.78, 5) is 4.25. The van der Waals surface area contributed by atoms with Gasteiger partial charge in [0.15, 0.2) is 5.82 Å². The van der Waals surface area contributed by atoms with E-state index in [0.717, 1.165) is 0 Å². The fourth-order valence-electron chi connectivity index (χ4n) is 0.881. The maximum absolute atomic E-state index is 5.08. The Morgan fingerprint density at radius 3 is 2.64 bits per heavy atom. The average Bonchev–Trinajstić information content (AvgIpc) is 2.73. The van der Waals surface area contributed by atoms with Crippen molar-refractivity contribution < 1.29 is 4.52 Å². The summed E-state index contributed by atoms with van der Waals surface area (Å²) in [7, 11) is 0. The fraction of sp³-hybridized carbons (Fsp3) is 0.500. The Kier molecular flexibility index (Phi) is 2.07. The minimum atomic E-state index is -0.105. The smallest absolute Gasteiger partial charge is 0.288 e. The summed E-state index contributed by atoms with van der Waals surface area (Å²) >= 11 is 1.38. The zero-order chi connectivity index (χ0) is 10.2. The molecule has 0 saturated heterocycles. The number of rotatable bonds is 1. The molecule has 0 N–H and O–H groups in total. The highest BCUT2D eigenvalue weighted by molar-refractivity contribution is 7.12. The van der Waals surface area contributed by atoms with Crippen molar-refractivity contribution >= 4 is 11.3 Å². The zero-order valence-corrected chi connectivity index (χ0v) is 9.00. The van der Waals surface area contributed by atoms with Gasteiger partial charge in [0.1, 0.15) is 5.51 Å². The van der Waals surface area contributed by atoms with Gasteiger partial charge in [0.05, 0.1) is 0 Å². The van der Waals surface area contributed by atoms with E-state index in [9.17, 15) is 0 Å². The highest BCUT2D eigenvalue weighted by atomic mass is 32.1. The third kappa shape index (κ3) is 1.65. The van der Waals surface area contributed by atoms with E-state index in [1.54, 1.807) is 5.51 Å². The third-order valence-corrected chi connectivity index (χ3v) is 2.32. The van der Waals surface area contributed by atoms with Crippen molar-refractivity contribution in [3.05, 3.63) is 11.3 Å². The molecule has 14 heavy (non-hydrogen) atoms. The molecule has 2 rings (SSSR count). The van der Waals surface area contributed by atoms with Crippen LogP contribution >= 0.6 is 11.3 Å². The van der Waals surface area contributed by atoms with Gasteiger partial charge in [0, 0.05) is 5.41 Å². The molecular weight excluding hydrogens is 200 g/mol. The summed E-state index contributed by atoms with van der Waals surface area (Å²) in [5.41, 5.74) is 1.53. The van der Waals surface area contributed by atoms with Gasteiger partial charge in [-0.15, -0.1) is 10.2 Å². The number of hydrogen-bond acceptors (Lipinski definition) is 6. The number of nitrogens with zero attached hydrogens (tertiary/aromatic N) is 4. The number of aromatic nitrogens is 4. The van der Waals surface area contributed by atoms with E-state index < -0.39 is 0 Å². The highest BCUT2D eigenvalue weighted by Gasteiger charge is 2.22. The molecule has 0 spiro atoms. The predicted molar refractivity (Wildman–Crippen MR) is 51.9 cm³/mol. The zero-order valence-electron chi connectivity index (χ0n) is 8.18. The van der Waals surface area contributed by atoms with Crippen LogP contribution in [0.15, 0.2) is 10.0 Å². The predicted octanol–water partition coefficient (Wildman–Crippen LogP) is 1.89. The van der Waals surface area contributed by atoms with Gasteiger partial charge in [0.2, 0.25) is 5.01 Å². The van der Waals surface area contributed by atoms with Crippen molar-refractivity contribution in [3.63, 3.8) is 0 Å². The first kappa shape index (κ1) is 9.26. The molecule has 0 amide bonds. The van der Waals surface area contributed by atoms with Gasteiger partial charge >= 0.3 is 0 Å². The van der Waals surface area contributed by atoms with Crippen LogP contribution in [0.1, 0.15) is 26.6 Å². The summed E-state index contributed by atoms with van der Waals surface area (Å²) in [6.07, 6.45) is 0. The second kappa shape index (κ2) is 3.13. The van der Waals surface area contributed by atoms with E-state index >= 15 is 0 Å². The Morgan fingerprint density at radius 2 is 2.14 bits per heavy atom. The maximum Gasteiger partial charge on any atom is 0.288 e. The van der Waals surface area contributed by atoms with E-state index in [4.69, 9.17) is 4.52 Å². The molecular formula is C8H10N4OS. The Labute approximate surface area is 85.2 Å². The van der Waals surface area contributed by atoms with Gasteiger partial charge in [-0.25, -0.2) is 0 Å². The minimum absolute atomic E-state index is 0.105. The van der Waals surface area contributed by atoms with Crippen LogP contribution < -0.4 is 0 Å². The molecule has 0 fully saturated rings. The molecule has 74 valence electrons. The molecule has 6 heteroatoms.